The van der Waals surface area contributed by atoms with Gasteiger partial charge in [0.1, 0.15) is 5.75 Å². The fourth-order valence-electron chi connectivity index (χ4n) is 3.22. The number of fused-ring (bicyclic) bond motifs is 1. The van der Waals surface area contributed by atoms with Crippen molar-refractivity contribution in [1.29, 1.82) is 0 Å². The average molecular weight is 327 g/mol. The second-order valence-corrected chi connectivity index (χ2v) is 6.37. The summed E-state index contributed by atoms with van der Waals surface area (Å²) < 4.78 is 5.22. The summed E-state index contributed by atoms with van der Waals surface area (Å²) in [4.78, 5) is 25.2. The molecule has 126 valence electrons. The number of ether oxygens (including phenoxy) is 1. The van der Waals surface area contributed by atoms with Crippen LogP contribution in [0, 0.1) is 11.8 Å². The summed E-state index contributed by atoms with van der Waals surface area (Å²) >= 11 is 0. The number of rotatable bonds is 5. The zero-order valence-corrected chi connectivity index (χ0v) is 13.9. The third kappa shape index (κ3) is 3.07. The van der Waals surface area contributed by atoms with Crippen LogP contribution in [0.15, 0.2) is 36.4 Å². The Balaban J connectivity index is 1.72. The van der Waals surface area contributed by atoms with Crippen LogP contribution >= 0.6 is 0 Å². The van der Waals surface area contributed by atoms with Crippen molar-refractivity contribution in [3.8, 4) is 5.75 Å². The number of methoxy groups -OCH3 is 1. The Morgan fingerprint density at radius 2 is 1.79 bits per heavy atom. The van der Waals surface area contributed by atoms with Crippen LogP contribution in [0.3, 0.4) is 0 Å². The minimum atomic E-state index is -0.868. The van der Waals surface area contributed by atoms with E-state index in [4.69, 9.17) is 9.84 Å². The molecule has 0 bridgehead atoms. The van der Waals surface area contributed by atoms with Crippen LogP contribution in [0.4, 0.5) is 0 Å². The van der Waals surface area contributed by atoms with Crippen molar-refractivity contribution in [3.05, 3.63) is 42.0 Å². The van der Waals surface area contributed by atoms with E-state index in [-0.39, 0.29) is 11.8 Å². The van der Waals surface area contributed by atoms with Gasteiger partial charge in [-0.2, -0.15) is 0 Å². The highest BCUT2D eigenvalue weighted by Crippen LogP contribution is 2.36. The van der Waals surface area contributed by atoms with Crippen molar-refractivity contribution in [2.24, 2.45) is 11.8 Å². The van der Waals surface area contributed by atoms with Gasteiger partial charge in [-0.3, -0.25) is 9.59 Å². The number of carbonyl (C=O) groups excluding carboxylic acids is 1. The summed E-state index contributed by atoms with van der Waals surface area (Å²) in [6, 6.07) is 11.9. The van der Waals surface area contributed by atoms with Crippen molar-refractivity contribution in [2.45, 2.75) is 19.4 Å². The second-order valence-electron chi connectivity index (χ2n) is 6.37. The van der Waals surface area contributed by atoms with Crippen molar-refractivity contribution >= 4 is 22.6 Å². The molecule has 0 spiro atoms. The van der Waals surface area contributed by atoms with Gasteiger partial charge in [-0.25, -0.2) is 0 Å². The van der Waals surface area contributed by atoms with E-state index >= 15 is 0 Å². The largest absolute Gasteiger partial charge is 0.497 e. The third-order valence-electron chi connectivity index (χ3n) is 4.82. The van der Waals surface area contributed by atoms with Gasteiger partial charge < -0.3 is 14.7 Å². The van der Waals surface area contributed by atoms with E-state index in [2.05, 4.69) is 0 Å². The Labute approximate surface area is 140 Å². The highest BCUT2D eigenvalue weighted by molar-refractivity contribution is 5.87. The van der Waals surface area contributed by atoms with E-state index in [9.17, 15) is 9.59 Å². The molecule has 0 radical (unpaired) electrons. The molecule has 1 aliphatic rings. The van der Waals surface area contributed by atoms with Crippen molar-refractivity contribution in [1.82, 2.24) is 4.90 Å². The van der Waals surface area contributed by atoms with E-state index in [1.165, 1.54) is 0 Å². The SMILES string of the molecule is COc1ccc2cc(CN(C)C(=O)C3CCC3C(=O)O)ccc2c1. The standard InChI is InChI=1S/C19H21NO4/c1-20(18(21)16-7-8-17(16)19(22)23)11-12-3-4-14-10-15(24-2)6-5-13(14)9-12/h3-6,9-10,16-17H,7-8,11H2,1-2H3,(H,22,23). The average Bonchev–Trinajstić information content (AvgIpc) is 2.52. The molecule has 24 heavy (non-hydrogen) atoms. The Kier molecular flexibility index (Phi) is 4.42. The first-order valence-electron chi connectivity index (χ1n) is 8.04. The molecule has 0 heterocycles. The number of aliphatic carboxylic acids is 1. The minimum Gasteiger partial charge on any atom is -0.497 e. The second kappa shape index (κ2) is 6.51. The van der Waals surface area contributed by atoms with E-state index in [1.807, 2.05) is 36.4 Å². The first-order chi connectivity index (χ1) is 11.5. The Hall–Kier alpha value is -2.56. The van der Waals surface area contributed by atoms with Gasteiger partial charge in [0, 0.05) is 13.6 Å². The predicted molar refractivity (Wildman–Crippen MR) is 90.8 cm³/mol. The quantitative estimate of drug-likeness (QED) is 0.917. The summed E-state index contributed by atoms with van der Waals surface area (Å²) in [6.07, 6.45) is 1.26. The Bertz CT molecular complexity index is 786. The number of benzene rings is 2. The molecule has 1 fully saturated rings. The summed E-state index contributed by atoms with van der Waals surface area (Å²) in [5.74, 6) is -1.04. The van der Waals surface area contributed by atoms with E-state index < -0.39 is 11.9 Å². The lowest BCUT2D eigenvalue weighted by Crippen LogP contribution is -2.44. The first kappa shape index (κ1) is 16.3. The Morgan fingerprint density at radius 3 is 2.42 bits per heavy atom. The first-order valence-corrected chi connectivity index (χ1v) is 8.04. The molecule has 2 unspecified atom stereocenters. The fraction of sp³-hybridized carbons (Fsp3) is 0.368. The molecule has 1 aliphatic carbocycles. The summed E-state index contributed by atoms with van der Waals surface area (Å²) in [7, 11) is 3.37. The van der Waals surface area contributed by atoms with Gasteiger partial charge in [-0.15, -0.1) is 0 Å². The highest BCUT2D eigenvalue weighted by atomic mass is 16.5. The van der Waals surface area contributed by atoms with Crippen molar-refractivity contribution in [2.75, 3.05) is 14.2 Å². The van der Waals surface area contributed by atoms with Gasteiger partial charge in [0.2, 0.25) is 5.91 Å². The molecule has 3 rings (SSSR count). The van der Waals surface area contributed by atoms with E-state index in [1.54, 1.807) is 19.1 Å². The lowest BCUT2D eigenvalue weighted by atomic mass is 9.73. The molecule has 2 aromatic carbocycles. The molecule has 0 saturated heterocycles. The van der Waals surface area contributed by atoms with Gasteiger partial charge in [-0.05, 0) is 47.4 Å². The number of nitrogens with zero attached hydrogens (tertiary/aromatic N) is 1. The number of carboxylic acid groups (broad SMARTS) is 1. The van der Waals surface area contributed by atoms with Crippen LogP contribution in [0.2, 0.25) is 0 Å². The van der Waals surface area contributed by atoms with Crippen LogP contribution in [0.1, 0.15) is 18.4 Å². The smallest absolute Gasteiger partial charge is 0.307 e. The molecule has 5 nitrogen and oxygen atoms in total. The molecule has 1 amide bonds. The zero-order chi connectivity index (χ0) is 17.3. The topological polar surface area (TPSA) is 66.8 Å². The van der Waals surface area contributed by atoms with Gasteiger partial charge in [-0.1, -0.05) is 18.2 Å². The lowest BCUT2D eigenvalue weighted by molar-refractivity contribution is -0.156. The van der Waals surface area contributed by atoms with Crippen LogP contribution in [0.5, 0.6) is 5.75 Å². The maximum atomic E-state index is 12.4. The van der Waals surface area contributed by atoms with Crippen LogP contribution in [-0.4, -0.2) is 36.0 Å². The molecule has 0 aromatic heterocycles. The summed E-state index contributed by atoms with van der Waals surface area (Å²) in [5.41, 5.74) is 1.02. The molecule has 0 aliphatic heterocycles. The molecular weight excluding hydrogens is 306 g/mol. The van der Waals surface area contributed by atoms with Crippen molar-refractivity contribution in [3.63, 3.8) is 0 Å². The fourth-order valence-corrected chi connectivity index (χ4v) is 3.22. The third-order valence-corrected chi connectivity index (χ3v) is 4.82. The van der Waals surface area contributed by atoms with Gasteiger partial charge in [0.05, 0.1) is 18.9 Å². The monoisotopic (exact) mass is 327 g/mol. The number of carboxylic acids is 1. The van der Waals surface area contributed by atoms with Crippen molar-refractivity contribution < 1.29 is 19.4 Å². The van der Waals surface area contributed by atoms with Crippen LogP contribution in [0.25, 0.3) is 10.8 Å². The number of carbonyl (C=O) groups is 2. The molecular formula is C19H21NO4. The number of hydrogen-bond donors (Lipinski definition) is 1. The number of hydrogen-bond acceptors (Lipinski definition) is 3. The lowest BCUT2D eigenvalue weighted by Gasteiger charge is -2.35. The highest BCUT2D eigenvalue weighted by Gasteiger charge is 2.42. The van der Waals surface area contributed by atoms with Gasteiger partial charge in [0.15, 0.2) is 0 Å². The van der Waals surface area contributed by atoms with Gasteiger partial charge in [0.25, 0.3) is 0 Å². The number of amides is 1. The molecule has 1 N–H and O–H groups in total. The predicted octanol–water partition coefficient (Wildman–Crippen LogP) is 2.92. The van der Waals surface area contributed by atoms with E-state index in [0.717, 1.165) is 22.1 Å². The summed E-state index contributed by atoms with van der Waals surface area (Å²) in [5, 5.41) is 11.3. The minimum absolute atomic E-state index is 0.0801. The van der Waals surface area contributed by atoms with E-state index in [0.29, 0.717) is 19.4 Å². The maximum absolute atomic E-state index is 12.4. The summed E-state index contributed by atoms with van der Waals surface area (Å²) in [6.45, 7) is 0.476. The zero-order valence-electron chi connectivity index (χ0n) is 13.9. The van der Waals surface area contributed by atoms with Gasteiger partial charge >= 0.3 is 5.97 Å². The van der Waals surface area contributed by atoms with Crippen LogP contribution in [-0.2, 0) is 16.1 Å². The molecule has 2 aromatic rings. The maximum Gasteiger partial charge on any atom is 0.307 e. The normalized spacial score (nSPS) is 19.6. The molecule has 1 saturated carbocycles. The molecule has 5 heteroatoms. The Morgan fingerprint density at radius 1 is 1.12 bits per heavy atom. The molecule has 2 atom stereocenters. The van der Waals surface area contributed by atoms with Crippen LogP contribution < -0.4 is 4.74 Å².